The Bertz CT molecular complexity index is 301. The summed E-state index contributed by atoms with van der Waals surface area (Å²) in [6.45, 7) is -1.86. The van der Waals surface area contributed by atoms with Gasteiger partial charge in [-0.15, -0.1) is 0 Å². The molecular weight excluding hydrogens is 164 g/mol. The Labute approximate surface area is 83.4 Å². The van der Waals surface area contributed by atoms with Crippen molar-refractivity contribution in [3.63, 3.8) is 0 Å². The molecule has 0 radical (unpaired) electrons. The molecule has 0 saturated carbocycles. The second kappa shape index (κ2) is 4.40. The molecule has 0 spiro atoms. The van der Waals surface area contributed by atoms with Crippen LogP contribution in [-0.4, -0.2) is 17.3 Å². The summed E-state index contributed by atoms with van der Waals surface area (Å²) in [4.78, 5) is 0. The molecule has 0 fully saturated rings. The first-order chi connectivity index (χ1) is 7.62. The van der Waals surface area contributed by atoms with Gasteiger partial charge in [0.25, 0.3) is 0 Å². The van der Waals surface area contributed by atoms with Gasteiger partial charge >= 0.3 is 0 Å². The highest BCUT2D eigenvalue weighted by atomic mass is 16.5. The number of hydrogen-bond donors (Lipinski definition) is 1. The molecule has 0 aliphatic rings. The summed E-state index contributed by atoms with van der Waals surface area (Å²) in [6, 6.07) is 9.31. The van der Waals surface area contributed by atoms with Crippen molar-refractivity contribution < 1.29 is 14.0 Å². The summed E-state index contributed by atoms with van der Waals surface area (Å²) in [5, 5.41) is 9.69. The van der Waals surface area contributed by atoms with Crippen molar-refractivity contribution in [3.05, 3.63) is 35.9 Å². The lowest BCUT2D eigenvalue weighted by Crippen LogP contribution is -2.25. The van der Waals surface area contributed by atoms with E-state index in [0.29, 0.717) is 0 Å². The Hall–Kier alpha value is -0.860. The normalized spacial score (nSPS) is 17.2. The maximum absolute atomic E-state index is 9.69. The Morgan fingerprint density at radius 2 is 2.15 bits per heavy atom. The van der Waals surface area contributed by atoms with Crippen LogP contribution < -0.4 is 0 Å². The van der Waals surface area contributed by atoms with Gasteiger partial charge in [-0.1, -0.05) is 30.3 Å². The van der Waals surface area contributed by atoms with Gasteiger partial charge in [-0.3, -0.25) is 0 Å². The first kappa shape index (κ1) is 6.57. The monoisotopic (exact) mass is 183 g/mol. The smallest absolute Gasteiger partial charge is 0.0824 e. The summed E-state index contributed by atoms with van der Waals surface area (Å²) in [5.74, 6) is 0. The van der Waals surface area contributed by atoms with Crippen LogP contribution in [0.4, 0.5) is 0 Å². The molecule has 1 aromatic carbocycles. The first-order valence-electron chi connectivity index (χ1n) is 6.00. The molecule has 0 amide bonds. The van der Waals surface area contributed by atoms with Gasteiger partial charge in [0.05, 0.1) is 20.2 Å². The lowest BCUT2D eigenvalue weighted by atomic mass is 10.2. The number of rotatable bonds is 4. The van der Waals surface area contributed by atoms with Gasteiger partial charge in [-0.25, -0.2) is 0 Å². The van der Waals surface area contributed by atoms with Crippen molar-refractivity contribution in [1.29, 1.82) is 0 Å². The minimum absolute atomic E-state index is 0.206. The van der Waals surface area contributed by atoms with Gasteiger partial charge in [0.1, 0.15) is 0 Å². The minimum atomic E-state index is -1.70. The molecule has 1 unspecified atom stereocenters. The van der Waals surface area contributed by atoms with Crippen LogP contribution in [-0.2, 0) is 11.3 Å². The van der Waals surface area contributed by atoms with Crippen LogP contribution in [0.3, 0.4) is 0 Å². The molecule has 0 aliphatic carbocycles. The van der Waals surface area contributed by atoms with Crippen molar-refractivity contribution in [1.82, 2.24) is 0 Å². The highest BCUT2D eigenvalue weighted by Gasteiger charge is 2.11. The van der Waals surface area contributed by atoms with E-state index in [1.165, 1.54) is 0 Å². The molecule has 0 saturated heterocycles. The predicted octanol–water partition coefficient (Wildman–Crippen LogP) is 1.97. The topological polar surface area (TPSA) is 29.5 Å². The summed E-state index contributed by atoms with van der Waals surface area (Å²) >= 11 is 0. The average Bonchev–Trinajstić information content (AvgIpc) is 2.36. The third-order valence-electron chi connectivity index (χ3n) is 1.40. The van der Waals surface area contributed by atoms with E-state index in [2.05, 4.69) is 0 Å². The molecule has 2 nitrogen and oxygen atoms in total. The summed E-state index contributed by atoms with van der Waals surface area (Å²) in [5.41, 5.74) is -0.800. The second-order valence-corrected chi connectivity index (χ2v) is 3.02. The third-order valence-corrected chi connectivity index (χ3v) is 1.40. The van der Waals surface area contributed by atoms with Gasteiger partial charge in [0, 0.05) is 2.74 Å². The molecule has 13 heavy (non-hydrogen) atoms. The molecule has 2 heteroatoms. The van der Waals surface area contributed by atoms with Gasteiger partial charge in [-0.2, -0.15) is 0 Å². The number of aliphatic hydroxyl groups is 1. The SMILES string of the molecule is [2H]CC(O)(C[2H])C([2H])OCc1ccccc1. The van der Waals surface area contributed by atoms with Gasteiger partial charge in [0.2, 0.25) is 0 Å². The van der Waals surface area contributed by atoms with Crippen LogP contribution in [0.2, 0.25) is 0 Å². The van der Waals surface area contributed by atoms with Crippen LogP contribution in [0.15, 0.2) is 30.3 Å². The minimum Gasteiger partial charge on any atom is -0.388 e. The van der Waals surface area contributed by atoms with E-state index in [1.807, 2.05) is 30.3 Å². The van der Waals surface area contributed by atoms with Gasteiger partial charge in [-0.05, 0) is 19.4 Å². The first-order valence-corrected chi connectivity index (χ1v) is 4.01. The van der Waals surface area contributed by atoms with Gasteiger partial charge in [0.15, 0.2) is 0 Å². The highest BCUT2D eigenvalue weighted by molar-refractivity contribution is 5.13. The maximum atomic E-state index is 9.69. The van der Waals surface area contributed by atoms with Crippen molar-refractivity contribution in [2.45, 2.75) is 26.0 Å². The van der Waals surface area contributed by atoms with E-state index >= 15 is 0 Å². The molecule has 0 heterocycles. The fourth-order valence-electron chi connectivity index (χ4n) is 0.867. The molecule has 1 N–H and O–H groups in total. The van der Waals surface area contributed by atoms with Gasteiger partial charge < -0.3 is 9.84 Å². The summed E-state index contributed by atoms with van der Waals surface area (Å²) in [6.07, 6.45) is 0. The molecule has 0 bridgehead atoms. The van der Waals surface area contributed by atoms with Crippen LogP contribution in [0.5, 0.6) is 0 Å². The van der Waals surface area contributed by atoms with Crippen molar-refractivity contribution >= 4 is 0 Å². The van der Waals surface area contributed by atoms with E-state index in [0.717, 1.165) is 5.56 Å². The lowest BCUT2D eigenvalue weighted by molar-refractivity contribution is -0.0268. The van der Waals surface area contributed by atoms with E-state index in [4.69, 9.17) is 8.85 Å². The lowest BCUT2D eigenvalue weighted by Gasteiger charge is -2.16. The molecule has 0 aromatic heterocycles. The van der Waals surface area contributed by atoms with E-state index in [-0.39, 0.29) is 6.61 Å². The second-order valence-electron chi connectivity index (χ2n) is 3.02. The van der Waals surface area contributed by atoms with Crippen LogP contribution in [0.1, 0.15) is 23.5 Å². The van der Waals surface area contributed by atoms with E-state index < -0.39 is 26.0 Å². The number of benzene rings is 1. The van der Waals surface area contributed by atoms with Crippen molar-refractivity contribution in [2.75, 3.05) is 6.58 Å². The van der Waals surface area contributed by atoms with Crippen LogP contribution >= 0.6 is 0 Å². The Morgan fingerprint density at radius 3 is 2.77 bits per heavy atom. The largest absolute Gasteiger partial charge is 0.388 e. The average molecular weight is 183 g/mol. The predicted molar refractivity (Wildman–Crippen MR) is 52.4 cm³/mol. The van der Waals surface area contributed by atoms with E-state index in [9.17, 15) is 5.11 Å². The number of hydrogen-bond acceptors (Lipinski definition) is 2. The highest BCUT2D eigenvalue weighted by Crippen LogP contribution is 2.05. The van der Waals surface area contributed by atoms with Crippen LogP contribution in [0, 0.1) is 0 Å². The summed E-state index contributed by atoms with van der Waals surface area (Å²) in [7, 11) is 0. The standard InChI is InChI=1S/C11H16O2/c1-11(2,12)9-13-8-10-6-4-3-5-7-10/h3-7,12H,8-9H2,1-2H3/i1D,2D,9D. The maximum Gasteiger partial charge on any atom is 0.0824 e. The van der Waals surface area contributed by atoms with Crippen molar-refractivity contribution in [3.8, 4) is 0 Å². The van der Waals surface area contributed by atoms with E-state index in [1.54, 1.807) is 0 Å². The zero-order valence-electron chi connectivity index (χ0n) is 10.4. The molecule has 1 atom stereocenters. The molecule has 0 aliphatic heterocycles. The Morgan fingerprint density at radius 1 is 1.46 bits per heavy atom. The fraction of sp³-hybridized carbons (Fsp3) is 0.455. The zero-order valence-corrected chi connectivity index (χ0v) is 7.44. The Kier molecular flexibility index (Phi) is 2.22. The zero-order chi connectivity index (χ0) is 12.0. The molecule has 1 aromatic rings. The quantitative estimate of drug-likeness (QED) is 0.773. The Balaban J connectivity index is 2.49. The fourth-order valence-corrected chi connectivity index (χ4v) is 0.867. The molecule has 72 valence electrons. The molecular formula is C11H16O2. The molecule has 1 rings (SSSR count). The number of ether oxygens (including phenoxy) is 1. The van der Waals surface area contributed by atoms with Crippen LogP contribution in [0.25, 0.3) is 0 Å². The third kappa shape index (κ3) is 4.65. The van der Waals surface area contributed by atoms with Crippen molar-refractivity contribution in [2.24, 2.45) is 0 Å². The summed E-state index contributed by atoms with van der Waals surface area (Å²) < 4.78 is 26.9.